The van der Waals surface area contributed by atoms with Crippen LogP contribution in [0.25, 0.3) is 0 Å². The van der Waals surface area contributed by atoms with Crippen LogP contribution >= 0.6 is 0 Å². The minimum absolute atomic E-state index is 0.00681. The lowest BCUT2D eigenvalue weighted by molar-refractivity contribution is 0.111. The summed E-state index contributed by atoms with van der Waals surface area (Å²) in [5.74, 6) is -0.343. The van der Waals surface area contributed by atoms with Crippen LogP contribution in [-0.2, 0) is 6.54 Å². The molecular weight excluding hydrogens is 192 g/mol. The Labute approximate surface area is 78.9 Å². The van der Waals surface area contributed by atoms with E-state index in [1.165, 1.54) is 6.07 Å². The van der Waals surface area contributed by atoms with Crippen LogP contribution in [0, 0.1) is 0 Å². The van der Waals surface area contributed by atoms with Gasteiger partial charge < -0.3 is 11.5 Å². The average Bonchev–Trinajstić information content (AvgIpc) is 2.15. The van der Waals surface area contributed by atoms with E-state index < -0.39 is 12.0 Å². The second-order valence-corrected chi connectivity index (χ2v) is 2.63. The van der Waals surface area contributed by atoms with Gasteiger partial charge in [0.05, 0.1) is 5.56 Å². The van der Waals surface area contributed by atoms with Gasteiger partial charge in [0.1, 0.15) is 11.5 Å². The van der Waals surface area contributed by atoms with Crippen LogP contribution in [-0.4, -0.2) is 11.3 Å². The smallest absolute Gasteiger partial charge is 0.267 e. The summed E-state index contributed by atoms with van der Waals surface area (Å²) in [6, 6.07) is 1.21. The summed E-state index contributed by atoms with van der Waals surface area (Å²) in [6.07, 6.45) is -2.30. The monoisotopic (exact) mass is 201 g/mol. The molecule has 0 atom stereocenters. The molecule has 0 saturated carbocycles. The fourth-order valence-electron chi connectivity index (χ4n) is 1.13. The number of aldehydes is 1. The number of hydrogen-bond donors (Lipinski definition) is 2. The molecule has 0 bridgehead atoms. The van der Waals surface area contributed by atoms with E-state index in [9.17, 15) is 13.6 Å². The summed E-state index contributed by atoms with van der Waals surface area (Å²) in [5.41, 5.74) is 10.3. The van der Waals surface area contributed by atoms with Crippen molar-refractivity contribution in [2.75, 3.05) is 5.73 Å². The topological polar surface area (TPSA) is 82.0 Å². The Kier molecular flexibility index (Phi) is 3.08. The SMILES string of the molecule is NCc1cc(C=O)nc(N)c1C(F)F. The Bertz CT molecular complexity index is 355. The van der Waals surface area contributed by atoms with Crippen molar-refractivity contribution in [1.29, 1.82) is 0 Å². The van der Waals surface area contributed by atoms with Crippen molar-refractivity contribution < 1.29 is 13.6 Å². The van der Waals surface area contributed by atoms with E-state index in [0.29, 0.717) is 6.29 Å². The van der Waals surface area contributed by atoms with Gasteiger partial charge >= 0.3 is 0 Å². The van der Waals surface area contributed by atoms with Gasteiger partial charge in [-0.05, 0) is 11.6 Å². The molecule has 0 fully saturated rings. The number of nitrogens with zero attached hydrogens (tertiary/aromatic N) is 1. The lowest BCUT2D eigenvalue weighted by atomic mass is 10.1. The van der Waals surface area contributed by atoms with E-state index in [4.69, 9.17) is 11.5 Å². The lowest BCUT2D eigenvalue weighted by Crippen LogP contribution is -2.09. The van der Waals surface area contributed by atoms with Gasteiger partial charge in [0.15, 0.2) is 6.29 Å². The zero-order valence-corrected chi connectivity index (χ0v) is 7.21. The number of halogens is 2. The Hall–Kier alpha value is -1.56. The van der Waals surface area contributed by atoms with Gasteiger partial charge in [0.25, 0.3) is 6.43 Å². The fraction of sp³-hybridized carbons (Fsp3) is 0.250. The Morgan fingerprint density at radius 1 is 1.57 bits per heavy atom. The molecule has 14 heavy (non-hydrogen) atoms. The lowest BCUT2D eigenvalue weighted by Gasteiger charge is -2.09. The van der Waals surface area contributed by atoms with E-state index in [1.54, 1.807) is 0 Å². The van der Waals surface area contributed by atoms with Gasteiger partial charge in [-0.25, -0.2) is 13.8 Å². The third-order valence-electron chi connectivity index (χ3n) is 1.75. The highest BCUT2D eigenvalue weighted by molar-refractivity contribution is 5.73. The molecule has 0 aromatic carbocycles. The standard InChI is InChI=1S/C8H9F2N3O/c9-7(10)6-4(2-11)1-5(3-14)13-8(6)12/h1,3,7H,2,11H2,(H2,12,13). The van der Waals surface area contributed by atoms with Crippen LogP contribution in [0.2, 0.25) is 0 Å². The van der Waals surface area contributed by atoms with Crippen LogP contribution < -0.4 is 11.5 Å². The molecule has 0 spiro atoms. The number of alkyl halides is 2. The molecule has 0 saturated heterocycles. The minimum atomic E-state index is -2.73. The number of carbonyl (C=O) groups excluding carboxylic acids is 1. The number of anilines is 1. The van der Waals surface area contributed by atoms with Crippen molar-refractivity contribution in [2.24, 2.45) is 5.73 Å². The van der Waals surface area contributed by atoms with E-state index >= 15 is 0 Å². The molecular formula is C8H9F2N3O. The van der Waals surface area contributed by atoms with Gasteiger partial charge in [-0.2, -0.15) is 0 Å². The molecule has 1 aromatic heterocycles. The number of pyridine rings is 1. The first-order valence-electron chi connectivity index (χ1n) is 3.82. The maximum atomic E-state index is 12.4. The highest BCUT2D eigenvalue weighted by atomic mass is 19.3. The predicted octanol–water partition coefficient (Wildman–Crippen LogP) is 0.873. The normalized spacial score (nSPS) is 10.6. The van der Waals surface area contributed by atoms with Gasteiger partial charge in [-0.3, -0.25) is 4.79 Å². The van der Waals surface area contributed by atoms with Crippen molar-refractivity contribution in [1.82, 2.24) is 4.98 Å². The summed E-state index contributed by atoms with van der Waals surface area (Å²) in [4.78, 5) is 13.9. The number of nitrogens with two attached hydrogens (primary N) is 2. The van der Waals surface area contributed by atoms with Crippen LogP contribution in [0.5, 0.6) is 0 Å². The maximum Gasteiger partial charge on any atom is 0.267 e. The minimum Gasteiger partial charge on any atom is -0.383 e. The summed E-state index contributed by atoms with van der Waals surface area (Å²) >= 11 is 0. The summed E-state index contributed by atoms with van der Waals surface area (Å²) in [7, 11) is 0. The van der Waals surface area contributed by atoms with Crippen molar-refractivity contribution in [3.05, 3.63) is 22.9 Å². The van der Waals surface area contributed by atoms with Gasteiger partial charge in [0, 0.05) is 6.54 Å². The third-order valence-corrected chi connectivity index (χ3v) is 1.75. The number of hydrogen-bond acceptors (Lipinski definition) is 4. The second-order valence-electron chi connectivity index (χ2n) is 2.63. The van der Waals surface area contributed by atoms with E-state index in [-0.39, 0.29) is 23.6 Å². The number of aromatic nitrogens is 1. The molecule has 0 radical (unpaired) electrons. The largest absolute Gasteiger partial charge is 0.383 e. The first kappa shape index (κ1) is 10.5. The van der Waals surface area contributed by atoms with Crippen molar-refractivity contribution >= 4 is 12.1 Å². The second kappa shape index (κ2) is 4.10. The summed E-state index contributed by atoms with van der Waals surface area (Å²) in [6.45, 7) is -0.104. The first-order valence-corrected chi connectivity index (χ1v) is 3.82. The van der Waals surface area contributed by atoms with Crippen LogP contribution in [0.15, 0.2) is 6.07 Å². The van der Waals surface area contributed by atoms with Crippen LogP contribution in [0.4, 0.5) is 14.6 Å². The Morgan fingerprint density at radius 2 is 2.21 bits per heavy atom. The van der Waals surface area contributed by atoms with Crippen LogP contribution in [0.3, 0.4) is 0 Å². The molecule has 1 rings (SSSR count). The fourth-order valence-corrected chi connectivity index (χ4v) is 1.13. The molecule has 0 aliphatic carbocycles. The predicted molar refractivity (Wildman–Crippen MR) is 46.9 cm³/mol. The first-order chi connectivity index (χ1) is 6.60. The summed E-state index contributed by atoms with van der Waals surface area (Å²) < 4.78 is 24.9. The highest BCUT2D eigenvalue weighted by Crippen LogP contribution is 2.27. The molecule has 76 valence electrons. The van der Waals surface area contributed by atoms with E-state index in [0.717, 1.165) is 0 Å². The average molecular weight is 201 g/mol. The molecule has 1 aromatic rings. The molecule has 0 unspecified atom stereocenters. The molecule has 6 heteroatoms. The van der Waals surface area contributed by atoms with Crippen molar-refractivity contribution in [3.63, 3.8) is 0 Å². The highest BCUT2D eigenvalue weighted by Gasteiger charge is 2.17. The number of carbonyl (C=O) groups is 1. The van der Waals surface area contributed by atoms with Gasteiger partial charge in [-0.1, -0.05) is 0 Å². The quantitative estimate of drug-likeness (QED) is 0.711. The molecule has 0 aliphatic heterocycles. The molecule has 0 aliphatic rings. The van der Waals surface area contributed by atoms with Gasteiger partial charge in [0.2, 0.25) is 0 Å². The molecule has 1 heterocycles. The van der Waals surface area contributed by atoms with Gasteiger partial charge in [-0.15, -0.1) is 0 Å². The maximum absolute atomic E-state index is 12.4. The van der Waals surface area contributed by atoms with Crippen LogP contribution in [0.1, 0.15) is 28.0 Å². The molecule has 4 N–H and O–H groups in total. The van der Waals surface area contributed by atoms with E-state index in [2.05, 4.69) is 4.98 Å². The van der Waals surface area contributed by atoms with E-state index in [1.807, 2.05) is 0 Å². The zero-order chi connectivity index (χ0) is 10.7. The molecule has 4 nitrogen and oxygen atoms in total. The third kappa shape index (κ3) is 1.85. The molecule has 0 amide bonds. The number of rotatable bonds is 3. The number of nitrogen functional groups attached to an aromatic ring is 1. The summed E-state index contributed by atoms with van der Waals surface area (Å²) in [5, 5.41) is 0. The van der Waals surface area contributed by atoms with Crippen molar-refractivity contribution in [3.8, 4) is 0 Å². The van der Waals surface area contributed by atoms with Crippen molar-refractivity contribution in [2.45, 2.75) is 13.0 Å². The Balaban J connectivity index is 3.34. The zero-order valence-electron chi connectivity index (χ0n) is 7.21. The Morgan fingerprint density at radius 3 is 2.64 bits per heavy atom.